The lowest BCUT2D eigenvalue weighted by Crippen LogP contribution is -2.27. The second kappa shape index (κ2) is 6.83. The van der Waals surface area contributed by atoms with Crippen LogP contribution in [-0.4, -0.2) is 29.0 Å². The van der Waals surface area contributed by atoms with Crippen LogP contribution in [0.4, 0.5) is 5.95 Å². The fourth-order valence-electron chi connectivity index (χ4n) is 1.17. The summed E-state index contributed by atoms with van der Waals surface area (Å²) in [6.45, 7) is 7.66. The normalized spacial score (nSPS) is 10.4. The monoisotopic (exact) mass is 236 g/mol. The summed E-state index contributed by atoms with van der Waals surface area (Å²) < 4.78 is 0. The topological polar surface area (TPSA) is 66.9 Å². The smallest absolute Gasteiger partial charge is 0.254 e. The molecule has 1 aromatic rings. The third-order valence-electron chi connectivity index (χ3n) is 2.12. The molecular weight excluding hydrogens is 216 g/mol. The van der Waals surface area contributed by atoms with Gasteiger partial charge in [-0.25, -0.2) is 9.97 Å². The Morgan fingerprint density at radius 2 is 2.00 bits per heavy atom. The van der Waals surface area contributed by atoms with E-state index in [0.29, 0.717) is 24.0 Å². The quantitative estimate of drug-likeness (QED) is 0.788. The average molecular weight is 236 g/mol. The number of nitrogens with one attached hydrogen (secondary N) is 2. The van der Waals surface area contributed by atoms with Crippen molar-refractivity contribution >= 4 is 11.9 Å². The molecule has 1 amide bonds. The van der Waals surface area contributed by atoms with Gasteiger partial charge in [0, 0.05) is 25.5 Å². The van der Waals surface area contributed by atoms with Gasteiger partial charge in [-0.15, -0.1) is 0 Å². The molecule has 0 aliphatic carbocycles. The van der Waals surface area contributed by atoms with E-state index in [2.05, 4.69) is 41.4 Å². The maximum Gasteiger partial charge on any atom is 0.254 e. The Morgan fingerprint density at radius 1 is 1.35 bits per heavy atom. The van der Waals surface area contributed by atoms with E-state index in [1.165, 1.54) is 0 Å². The van der Waals surface area contributed by atoms with E-state index in [0.717, 1.165) is 13.0 Å². The highest BCUT2D eigenvalue weighted by molar-refractivity contribution is 5.93. The molecule has 17 heavy (non-hydrogen) atoms. The number of carbonyl (C=O) groups is 1. The summed E-state index contributed by atoms with van der Waals surface area (Å²) in [5.74, 6) is 0.873. The van der Waals surface area contributed by atoms with Crippen LogP contribution in [0.2, 0.25) is 0 Å². The van der Waals surface area contributed by atoms with Gasteiger partial charge in [0.25, 0.3) is 5.91 Å². The van der Waals surface area contributed by atoms with Crippen molar-refractivity contribution < 1.29 is 4.79 Å². The summed E-state index contributed by atoms with van der Waals surface area (Å²) in [7, 11) is 0. The van der Waals surface area contributed by atoms with Crippen LogP contribution >= 0.6 is 0 Å². The Kier molecular flexibility index (Phi) is 5.39. The Labute approximate surface area is 102 Å². The summed E-state index contributed by atoms with van der Waals surface area (Å²) in [6, 6.07) is 0. The molecule has 1 heterocycles. The van der Waals surface area contributed by atoms with Crippen LogP contribution < -0.4 is 10.6 Å². The zero-order valence-corrected chi connectivity index (χ0v) is 10.7. The summed E-state index contributed by atoms with van der Waals surface area (Å²) >= 11 is 0. The molecule has 1 rings (SSSR count). The molecule has 0 aromatic carbocycles. The van der Waals surface area contributed by atoms with Crippen molar-refractivity contribution in [2.75, 3.05) is 18.4 Å². The number of hydrogen-bond donors (Lipinski definition) is 2. The fraction of sp³-hybridized carbons (Fsp3) is 0.583. The molecular formula is C12H20N4O. The molecule has 0 fully saturated rings. The average Bonchev–Trinajstić information content (AvgIpc) is 2.34. The first kappa shape index (κ1) is 13.4. The van der Waals surface area contributed by atoms with Crippen LogP contribution in [0.15, 0.2) is 12.4 Å². The van der Waals surface area contributed by atoms with Gasteiger partial charge in [0.2, 0.25) is 5.95 Å². The van der Waals surface area contributed by atoms with Gasteiger partial charge >= 0.3 is 0 Å². The summed E-state index contributed by atoms with van der Waals surface area (Å²) in [5.41, 5.74) is 0.493. The maximum absolute atomic E-state index is 11.7. The number of amides is 1. The van der Waals surface area contributed by atoms with E-state index in [1.807, 2.05) is 0 Å². The van der Waals surface area contributed by atoms with Gasteiger partial charge in [-0.05, 0) is 12.3 Å². The third-order valence-corrected chi connectivity index (χ3v) is 2.12. The summed E-state index contributed by atoms with van der Waals surface area (Å²) in [6.07, 6.45) is 4.10. The number of hydrogen-bond acceptors (Lipinski definition) is 4. The summed E-state index contributed by atoms with van der Waals surface area (Å²) in [4.78, 5) is 19.8. The van der Waals surface area contributed by atoms with Crippen LogP contribution in [0.1, 0.15) is 37.6 Å². The molecule has 2 N–H and O–H groups in total. The van der Waals surface area contributed by atoms with E-state index in [9.17, 15) is 4.79 Å². The molecule has 0 unspecified atom stereocenters. The Balaban J connectivity index is 2.51. The highest BCUT2D eigenvalue weighted by Gasteiger charge is 2.07. The zero-order chi connectivity index (χ0) is 12.7. The molecule has 0 radical (unpaired) electrons. The van der Waals surface area contributed by atoms with E-state index in [-0.39, 0.29) is 5.91 Å². The number of aromatic nitrogens is 2. The van der Waals surface area contributed by atoms with Crippen molar-refractivity contribution in [2.24, 2.45) is 5.92 Å². The predicted octanol–water partition coefficient (Wildman–Crippen LogP) is 1.68. The van der Waals surface area contributed by atoms with Crippen LogP contribution in [0.25, 0.3) is 0 Å². The molecule has 5 nitrogen and oxygen atoms in total. The number of carbonyl (C=O) groups excluding carboxylic acids is 1. The van der Waals surface area contributed by atoms with Gasteiger partial charge in [-0.3, -0.25) is 4.79 Å². The lowest BCUT2D eigenvalue weighted by molar-refractivity contribution is 0.0948. The molecule has 0 spiro atoms. The van der Waals surface area contributed by atoms with Crippen LogP contribution in [-0.2, 0) is 0 Å². The van der Waals surface area contributed by atoms with E-state index >= 15 is 0 Å². The molecule has 94 valence electrons. The van der Waals surface area contributed by atoms with Crippen LogP contribution in [0, 0.1) is 5.92 Å². The Hall–Kier alpha value is -1.65. The van der Waals surface area contributed by atoms with Crippen LogP contribution in [0.3, 0.4) is 0 Å². The van der Waals surface area contributed by atoms with Gasteiger partial charge in [0.15, 0.2) is 0 Å². The van der Waals surface area contributed by atoms with Gasteiger partial charge in [-0.2, -0.15) is 0 Å². The molecule has 1 aromatic heterocycles. The first-order valence-corrected chi connectivity index (χ1v) is 5.97. The molecule has 0 aliphatic rings. The lowest BCUT2D eigenvalue weighted by Gasteiger charge is -2.07. The first-order chi connectivity index (χ1) is 8.13. The molecule has 0 aliphatic heterocycles. The van der Waals surface area contributed by atoms with Gasteiger partial charge in [0.05, 0.1) is 5.56 Å². The standard InChI is InChI=1S/C12H20N4O/c1-4-5-13-12-15-7-10(8-16-12)11(17)14-6-9(2)3/h7-9H,4-6H2,1-3H3,(H,14,17)(H,13,15,16). The highest BCUT2D eigenvalue weighted by Crippen LogP contribution is 2.00. The molecule has 0 bridgehead atoms. The van der Waals surface area contributed by atoms with Crippen molar-refractivity contribution in [2.45, 2.75) is 27.2 Å². The minimum Gasteiger partial charge on any atom is -0.354 e. The van der Waals surface area contributed by atoms with E-state index < -0.39 is 0 Å². The molecule has 0 atom stereocenters. The van der Waals surface area contributed by atoms with Crippen molar-refractivity contribution in [3.05, 3.63) is 18.0 Å². The zero-order valence-electron chi connectivity index (χ0n) is 10.7. The van der Waals surface area contributed by atoms with Crippen molar-refractivity contribution in [3.8, 4) is 0 Å². The number of anilines is 1. The lowest BCUT2D eigenvalue weighted by atomic mass is 10.2. The van der Waals surface area contributed by atoms with Crippen molar-refractivity contribution in [1.82, 2.24) is 15.3 Å². The highest BCUT2D eigenvalue weighted by atomic mass is 16.1. The predicted molar refractivity (Wildman–Crippen MR) is 68.0 cm³/mol. The minimum absolute atomic E-state index is 0.124. The minimum atomic E-state index is -0.124. The van der Waals surface area contributed by atoms with E-state index in [1.54, 1.807) is 12.4 Å². The van der Waals surface area contributed by atoms with Gasteiger partial charge in [-0.1, -0.05) is 20.8 Å². The van der Waals surface area contributed by atoms with E-state index in [4.69, 9.17) is 0 Å². The summed E-state index contributed by atoms with van der Waals surface area (Å²) in [5, 5.41) is 5.88. The van der Waals surface area contributed by atoms with Gasteiger partial charge < -0.3 is 10.6 Å². The maximum atomic E-state index is 11.7. The van der Waals surface area contributed by atoms with Crippen molar-refractivity contribution in [1.29, 1.82) is 0 Å². The number of nitrogens with zero attached hydrogens (tertiary/aromatic N) is 2. The third kappa shape index (κ3) is 4.80. The van der Waals surface area contributed by atoms with Crippen LogP contribution in [0.5, 0.6) is 0 Å². The first-order valence-electron chi connectivity index (χ1n) is 5.97. The largest absolute Gasteiger partial charge is 0.354 e. The second-order valence-corrected chi connectivity index (χ2v) is 4.33. The molecule has 0 saturated heterocycles. The van der Waals surface area contributed by atoms with Gasteiger partial charge in [0.1, 0.15) is 0 Å². The Bertz CT molecular complexity index is 348. The van der Waals surface area contributed by atoms with Crippen molar-refractivity contribution in [3.63, 3.8) is 0 Å². The second-order valence-electron chi connectivity index (χ2n) is 4.33. The Morgan fingerprint density at radius 3 is 2.53 bits per heavy atom. The number of rotatable bonds is 6. The molecule has 0 saturated carbocycles. The fourth-order valence-corrected chi connectivity index (χ4v) is 1.17. The SMILES string of the molecule is CCCNc1ncc(C(=O)NCC(C)C)cn1. The molecule has 5 heteroatoms.